The van der Waals surface area contributed by atoms with Crippen LogP contribution in [0.25, 0.3) is 0 Å². The normalized spacial score (nSPS) is 10.1. The average molecular weight is 296 g/mol. The number of methoxy groups -OCH3 is 1. The average Bonchev–Trinajstić information content (AvgIpc) is 2.49. The Morgan fingerprint density at radius 1 is 1.25 bits per heavy atom. The van der Waals surface area contributed by atoms with Gasteiger partial charge in [0.05, 0.1) is 12.9 Å². The molecule has 0 saturated heterocycles. The molecule has 0 aliphatic rings. The van der Waals surface area contributed by atoms with Gasteiger partial charge in [-0.2, -0.15) is 0 Å². The van der Waals surface area contributed by atoms with E-state index in [1.807, 2.05) is 12.1 Å². The zero-order chi connectivity index (χ0) is 14.6. The number of esters is 1. The summed E-state index contributed by atoms with van der Waals surface area (Å²) in [4.78, 5) is 27.4. The van der Waals surface area contributed by atoms with Crippen LogP contribution in [0.3, 0.4) is 0 Å². The number of amides is 1. The van der Waals surface area contributed by atoms with Crippen molar-refractivity contribution in [1.82, 2.24) is 10.3 Å². The molecule has 0 spiro atoms. The maximum absolute atomic E-state index is 11.6. The third kappa shape index (κ3) is 7.78. The number of hydrogen-bond acceptors (Lipinski definition) is 5. The first-order valence-electron chi connectivity index (χ1n) is 6.58. The van der Waals surface area contributed by atoms with Gasteiger partial charge in [0.1, 0.15) is 0 Å². The molecule has 1 aromatic rings. The summed E-state index contributed by atoms with van der Waals surface area (Å²) in [6.45, 7) is 0.650. The van der Waals surface area contributed by atoms with E-state index in [9.17, 15) is 9.59 Å². The van der Waals surface area contributed by atoms with Gasteiger partial charge in [-0.15, -0.1) is 11.8 Å². The number of thioether (sulfide) groups is 1. The van der Waals surface area contributed by atoms with Gasteiger partial charge in [-0.25, -0.2) is 0 Å². The van der Waals surface area contributed by atoms with E-state index in [1.165, 1.54) is 18.9 Å². The molecule has 0 fully saturated rings. The van der Waals surface area contributed by atoms with E-state index in [-0.39, 0.29) is 11.9 Å². The maximum Gasteiger partial charge on any atom is 0.305 e. The zero-order valence-electron chi connectivity index (χ0n) is 11.6. The number of ether oxygens (including phenoxy) is 1. The second kappa shape index (κ2) is 10.3. The Bertz CT molecular complexity index is 412. The fraction of sp³-hybridized carbons (Fsp3) is 0.500. The summed E-state index contributed by atoms with van der Waals surface area (Å²) >= 11 is 1.49. The molecule has 1 N–H and O–H groups in total. The number of hydrogen-bond donors (Lipinski definition) is 1. The summed E-state index contributed by atoms with van der Waals surface area (Å²) < 4.78 is 4.55. The second-order valence-corrected chi connectivity index (χ2v) is 5.26. The van der Waals surface area contributed by atoms with Gasteiger partial charge < -0.3 is 10.1 Å². The van der Waals surface area contributed by atoms with Crippen LogP contribution in [-0.4, -0.2) is 36.3 Å². The summed E-state index contributed by atoms with van der Waals surface area (Å²) in [6.07, 6.45) is 6.45. The van der Waals surface area contributed by atoms with Crippen molar-refractivity contribution in [2.24, 2.45) is 0 Å². The smallest absolute Gasteiger partial charge is 0.305 e. The van der Waals surface area contributed by atoms with Crippen LogP contribution >= 0.6 is 11.8 Å². The van der Waals surface area contributed by atoms with Crippen molar-refractivity contribution in [2.75, 3.05) is 19.4 Å². The number of carbonyl (C=O) groups is 2. The van der Waals surface area contributed by atoms with Crippen LogP contribution in [0.5, 0.6) is 0 Å². The minimum absolute atomic E-state index is 0.0276. The lowest BCUT2D eigenvalue weighted by atomic mass is 10.2. The molecule has 110 valence electrons. The molecule has 0 saturated carbocycles. The van der Waals surface area contributed by atoms with Crippen LogP contribution in [0, 0.1) is 0 Å². The van der Waals surface area contributed by atoms with Crippen molar-refractivity contribution in [3.05, 3.63) is 24.5 Å². The summed E-state index contributed by atoms with van der Waals surface area (Å²) in [6, 6.07) is 3.76. The van der Waals surface area contributed by atoms with Gasteiger partial charge in [0.25, 0.3) is 0 Å². The molecule has 0 atom stereocenters. The van der Waals surface area contributed by atoms with Gasteiger partial charge >= 0.3 is 5.97 Å². The SMILES string of the molecule is COC(=O)CCCCCNC(=O)CSc1ccncc1. The topological polar surface area (TPSA) is 68.3 Å². The molecule has 6 heteroatoms. The molecule has 1 aromatic heterocycles. The lowest BCUT2D eigenvalue weighted by Gasteiger charge is -2.05. The summed E-state index contributed by atoms with van der Waals surface area (Å²) in [5, 5.41) is 2.86. The van der Waals surface area contributed by atoms with Crippen molar-refractivity contribution < 1.29 is 14.3 Å². The Balaban J connectivity index is 1.99. The van der Waals surface area contributed by atoms with E-state index in [0.717, 1.165) is 24.2 Å². The van der Waals surface area contributed by atoms with Gasteiger partial charge in [0.15, 0.2) is 0 Å². The minimum atomic E-state index is -0.178. The molecule has 1 heterocycles. The molecular weight excluding hydrogens is 276 g/mol. The first kappa shape index (κ1) is 16.5. The molecule has 0 radical (unpaired) electrons. The van der Waals surface area contributed by atoms with Crippen LogP contribution in [0.15, 0.2) is 29.4 Å². The molecule has 1 rings (SSSR count). The molecule has 0 aliphatic heterocycles. The van der Waals surface area contributed by atoms with Crippen molar-refractivity contribution in [2.45, 2.75) is 30.6 Å². The van der Waals surface area contributed by atoms with E-state index >= 15 is 0 Å². The molecular formula is C14H20N2O3S. The van der Waals surface area contributed by atoms with Gasteiger partial charge in [-0.05, 0) is 25.0 Å². The maximum atomic E-state index is 11.6. The first-order chi connectivity index (χ1) is 9.72. The van der Waals surface area contributed by atoms with Crippen molar-refractivity contribution in [1.29, 1.82) is 0 Å². The first-order valence-corrected chi connectivity index (χ1v) is 7.57. The van der Waals surface area contributed by atoms with Crippen LogP contribution in [0.1, 0.15) is 25.7 Å². The van der Waals surface area contributed by atoms with Crippen LogP contribution in [0.2, 0.25) is 0 Å². The predicted octanol–water partition coefficient (Wildman–Crippen LogP) is 2.02. The molecule has 0 aliphatic carbocycles. The highest BCUT2D eigenvalue weighted by atomic mass is 32.2. The molecule has 0 unspecified atom stereocenters. The summed E-state index contributed by atoms with van der Waals surface area (Å²) in [5.74, 6) is 0.259. The van der Waals surface area contributed by atoms with Crippen LogP contribution in [-0.2, 0) is 14.3 Å². The zero-order valence-corrected chi connectivity index (χ0v) is 12.4. The Morgan fingerprint density at radius 3 is 2.70 bits per heavy atom. The van der Waals surface area contributed by atoms with Gasteiger partial charge in [-0.1, -0.05) is 6.42 Å². The Morgan fingerprint density at radius 2 is 2.00 bits per heavy atom. The summed E-state index contributed by atoms with van der Waals surface area (Å²) in [5.41, 5.74) is 0. The van der Waals surface area contributed by atoms with Crippen molar-refractivity contribution in [3.63, 3.8) is 0 Å². The van der Waals surface area contributed by atoms with Crippen molar-refractivity contribution >= 4 is 23.6 Å². The number of carbonyl (C=O) groups excluding carboxylic acids is 2. The lowest BCUT2D eigenvalue weighted by molar-refractivity contribution is -0.140. The fourth-order valence-corrected chi connectivity index (χ4v) is 2.25. The minimum Gasteiger partial charge on any atom is -0.469 e. The van der Waals surface area contributed by atoms with Crippen LogP contribution in [0.4, 0.5) is 0 Å². The number of aromatic nitrogens is 1. The third-order valence-corrected chi connectivity index (χ3v) is 3.64. The molecule has 0 bridgehead atoms. The van der Waals surface area contributed by atoms with E-state index in [2.05, 4.69) is 15.0 Å². The van der Waals surface area contributed by atoms with Gasteiger partial charge in [0.2, 0.25) is 5.91 Å². The third-order valence-electron chi connectivity index (χ3n) is 2.63. The molecule has 5 nitrogen and oxygen atoms in total. The van der Waals surface area contributed by atoms with E-state index in [1.54, 1.807) is 12.4 Å². The number of rotatable bonds is 9. The quantitative estimate of drug-likeness (QED) is 0.429. The molecule has 1 amide bonds. The van der Waals surface area contributed by atoms with E-state index in [0.29, 0.717) is 18.7 Å². The number of nitrogens with one attached hydrogen (secondary N) is 1. The highest BCUT2D eigenvalue weighted by Crippen LogP contribution is 2.15. The van der Waals surface area contributed by atoms with E-state index < -0.39 is 0 Å². The van der Waals surface area contributed by atoms with Gasteiger partial charge in [-0.3, -0.25) is 14.6 Å². The second-order valence-electron chi connectivity index (χ2n) is 4.21. The molecule has 20 heavy (non-hydrogen) atoms. The molecule has 0 aromatic carbocycles. The number of unbranched alkanes of at least 4 members (excludes halogenated alkanes) is 2. The summed E-state index contributed by atoms with van der Waals surface area (Å²) in [7, 11) is 1.39. The van der Waals surface area contributed by atoms with Crippen LogP contribution < -0.4 is 5.32 Å². The lowest BCUT2D eigenvalue weighted by Crippen LogP contribution is -2.26. The van der Waals surface area contributed by atoms with Crippen molar-refractivity contribution in [3.8, 4) is 0 Å². The Labute approximate surface area is 123 Å². The largest absolute Gasteiger partial charge is 0.469 e. The predicted molar refractivity (Wildman–Crippen MR) is 78.5 cm³/mol. The Hall–Kier alpha value is -1.56. The monoisotopic (exact) mass is 296 g/mol. The van der Waals surface area contributed by atoms with E-state index in [4.69, 9.17) is 0 Å². The number of pyridine rings is 1. The fourth-order valence-electron chi connectivity index (χ4n) is 1.54. The Kier molecular flexibility index (Phi) is 8.46. The van der Waals surface area contributed by atoms with Gasteiger partial charge in [0, 0.05) is 30.3 Å². The standard InChI is InChI=1S/C14H20N2O3S/c1-19-14(18)5-3-2-4-8-16-13(17)11-20-12-6-9-15-10-7-12/h6-7,9-10H,2-5,8,11H2,1H3,(H,16,17). The highest BCUT2D eigenvalue weighted by molar-refractivity contribution is 8.00. The highest BCUT2D eigenvalue weighted by Gasteiger charge is 2.03. The number of nitrogens with zero attached hydrogens (tertiary/aromatic N) is 1.